The summed E-state index contributed by atoms with van der Waals surface area (Å²) in [5.41, 5.74) is 0.506. The molecule has 0 radical (unpaired) electrons. The summed E-state index contributed by atoms with van der Waals surface area (Å²) in [5, 5.41) is 10.4. The second-order valence-electron chi connectivity index (χ2n) is 6.72. The molecule has 27 heavy (non-hydrogen) atoms. The lowest BCUT2D eigenvalue weighted by molar-refractivity contribution is -0.0491. The monoisotopic (exact) mass is 376 g/mol. The molecule has 1 unspecified atom stereocenters. The van der Waals surface area contributed by atoms with Gasteiger partial charge < -0.3 is 5.32 Å². The molecule has 142 valence electrons. The summed E-state index contributed by atoms with van der Waals surface area (Å²) in [6.45, 7) is -0.177. The number of H-pyrrole nitrogens is 1. The van der Waals surface area contributed by atoms with Gasteiger partial charge in [0.25, 0.3) is 5.92 Å². The minimum atomic E-state index is -3.02. The van der Waals surface area contributed by atoms with Crippen LogP contribution < -0.4 is 5.32 Å². The van der Waals surface area contributed by atoms with Gasteiger partial charge in [-0.3, -0.25) is 10.00 Å². The summed E-state index contributed by atoms with van der Waals surface area (Å²) >= 11 is 0. The summed E-state index contributed by atoms with van der Waals surface area (Å²) in [6.07, 6.45) is 2.05. The molecule has 1 aromatic carbocycles. The lowest BCUT2D eigenvalue weighted by Crippen LogP contribution is -2.50. The molecular weight excluding hydrogens is 357 g/mol. The quantitative estimate of drug-likeness (QED) is 0.717. The van der Waals surface area contributed by atoms with Crippen LogP contribution in [0.15, 0.2) is 42.9 Å². The molecule has 1 aliphatic rings. The van der Waals surface area contributed by atoms with Crippen molar-refractivity contribution in [1.82, 2.24) is 25.1 Å². The number of benzene rings is 1. The smallest absolute Gasteiger partial charge is 0.285 e. The Bertz CT molecular complexity index is 900. The van der Waals surface area contributed by atoms with Gasteiger partial charge in [-0.2, -0.15) is 13.9 Å². The molecule has 1 fully saturated rings. The van der Waals surface area contributed by atoms with Gasteiger partial charge in [0.2, 0.25) is 0 Å². The van der Waals surface area contributed by atoms with Gasteiger partial charge in [-0.1, -0.05) is 30.3 Å². The summed E-state index contributed by atoms with van der Waals surface area (Å²) < 4.78 is 43.6. The van der Waals surface area contributed by atoms with E-state index in [0.29, 0.717) is 29.8 Å². The molecule has 0 aliphatic carbocycles. The number of halogens is 3. The van der Waals surface area contributed by atoms with Gasteiger partial charge in [-0.05, 0) is 6.42 Å². The summed E-state index contributed by atoms with van der Waals surface area (Å²) in [6, 6.07) is 7.14. The number of anilines is 1. The van der Waals surface area contributed by atoms with E-state index < -0.39 is 24.7 Å². The zero-order valence-corrected chi connectivity index (χ0v) is 14.4. The molecular formula is C18H19F3N6. The first kappa shape index (κ1) is 17.7. The van der Waals surface area contributed by atoms with E-state index in [-0.39, 0.29) is 12.1 Å². The van der Waals surface area contributed by atoms with E-state index in [2.05, 4.69) is 25.5 Å². The van der Waals surface area contributed by atoms with Crippen molar-refractivity contribution in [2.75, 3.05) is 25.0 Å². The zero-order valence-electron chi connectivity index (χ0n) is 14.4. The third-order valence-corrected chi connectivity index (χ3v) is 4.81. The number of hydrogen-bond acceptors (Lipinski definition) is 5. The predicted molar refractivity (Wildman–Crippen MR) is 95.4 cm³/mol. The van der Waals surface area contributed by atoms with E-state index in [1.54, 1.807) is 24.4 Å². The standard InChI is InChI=1S/C18H19F3N6/c19-14-9-27(10-18(20,21)12-4-2-1-3-5-12)7-6-15(14)25-16-13-8-24-26-17(13)23-11-22-16/h1-5,8,11,14-15H,6-7,9-10H2,(H2,22,23,24,25,26)/t14-,15?/m1/s1. The van der Waals surface area contributed by atoms with Gasteiger partial charge in [0.15, 0.2) is 5.65 Å². The Kier molecular flexibility index (Phi) is 4.69. The highest BCUT2D eigenvalue weighted by Gasteiger charge is 2.38. The number of fused-ring (bicyclic) bond motifs is 1. The molecule has 3 heterocycles. The molecule has 1 saturated heterocycles. The van der Waals surface area contributed by atoms with Crippen LogP contribution in [-0.4, -0.2) is 56.9 Å². The molecule has 0 bridgehead atoms. The van der Waals surface area contributed by atoms with Crippen molar-refractivity contribution in [3.63, 3.8) is 0 Å². The van der Waals surface area contributed by atoms with Crippen LogP contribution >= 0.6 is 0 Å². The molecule has 6 nitrogen and oxygen atoms in total. The van der Waals surface area contributed by atoms with Gasteiger partial charge in [0.1, 0.15) is 18.3 Å². The largest absolute Gasteiger partial charge is 0.364 e. The van der Waals surface area contributed by atoms with Crippen molar-refractivity contribution in [3.05, 3.63) is 48.4 Å². The second kappa shape index (κ2) is 7.15. The van der Waals surface area contributed by atoms with E-state index >= 15 is 0 Å². The van der Waals surface area contributed by atoms with Crippen LogP contribution in [0.2, 0.25) is 0 Å². The van der Waals surface area contributed by atoms with Crippen molar-refractivity contribution in [1.29, 1.82) is 0 Å². The van der Waals surface area contributed by atoms with Crippen molar-refractivity contribution in [2.24, 2.45) is 0 Å². The molecule has 9 heteroatoms. The van der Waals surface area contributed by atoms with Crippen LogP contribution in [0.4, 0.5) is 19.0 Å². The van der Waals surface area contributed by atoms with Crippen LogP contribution in [0.5, 0.6) is 0 Å². The van der Waals surface area contributed by atoms with Crippen molar-refractivity contribution in [3.8, 4) is 0 Å². The lowest BCUT2D eigenvalue weighted by Gasteiger charge is -2.36. The molecule has 2 atom stereocenters. The van der Waals surface area contributed by atoms with Crippen molar-refractivity contribution < 1.29 is 13.2 Å². The van der Waals surface area contributed by atoms with Crippen LogP contribution in [0.25, 0.3) is 11.0 Å². The first-order valence-electron chi connectivity index (χ1n) is 8.73. The van der Waals surface area contributed by atoms with Gasteiger partial charge in [-0.25, -0.2) is 14.4 Å². The summed E-state index contributed by atoms with van der Waals surface area (Å²) in [5.74, 6) is -2.53. The Labute approximate surface area is 153 Å². The molecule has 0 saturated carbocycles. The number of piperidine rings is 1. The molecule has 0 amide bonds. The molecule has 2 aromatic heterocycles. The highest BCUT2D eigenvalue weighted by atomic mass is 19.3. The van der Waals surface area contributed by atoms with E-state index in [1.165, 1.54) is 23.4 Å². The summed E-state index contributed by atoms with van der Waals surface area (Å²) in [4.78, 5) is 9.66. The number of hydrogen-bond donors (Lipinski definition) is 2. The van der Waals surface area contributed by atoms with Gasteiger partial charge >= 0.3 is 0 Å². The molecule has 2 N–H and O–H groups in total. The maximum absolute atomic E-state index is 14.7. The zero-order chi connectivity index (χ0) is 18.9. The van der Waals surface area contributed by atoms with Crippen molar-refractivity contribution in [2.45, 2.75) is 24.6 Å². The molecule has 0 spiro atoms. The fraction of sp³-hybridized carbons (Fsp3) is 0.389. The van der Waals surface area contributed by atoms with Crippen LogP contribution in [-0.2, 0) is 5.92 Å². The maximum atomic E-state index is 14.7. The average molecular weight is 376 g/mol. The van der Waals surface area contributed by atoms with E-state index in [1.807, 2.05) is 0 Å². The Morgan fingerprint density at radius 3 is 2.81 bits per heavy atom. The SMILES string of the molecule is F[C@@H]1CN(CC(F)(F)c2ccccc2)CCC1Nc1ncnc2[nH]ncc12. The first-order valence-corrected chi connectivity index (χ1v) is 8.73. The van der Waals surface area contributed by atoms with E-state index in [0.717, 1.165) is 0 Å². The maximum Gasteiger partial charge on any atom is 0.285 e. The number of rotatable bonds is 5. The van der Waals surface area contributed by atoms with Gasteiger partial charge in [0.05, 0.1) is 24.2 Å². The minimum absolute atomic E-state index is 0.0519. The van der Waals surface area contributed by atoms with Gasteiger partial charge in [0, 0.05) is 18.7 Å². The number of aromatic amines is 1. The third-order valence-electron chi connectivity index (χ3n) is 4.81. The Morgan fingerprint density at radius 2 is 2.04 bits per heavy atom. The number of aromatic nitrogens is 4. The first-order chi connectivity index (χ1) is 13.0. The van der Waals surface area contributed by atoms with E-state index in [9.17, 15) is 13.2 Å². The Morgan fingerprint density at radius 1 is 1.22 bits per heavy atom. The minimum Gasteiger partial charge on any atom is -0.364 e. The van der Waals surface area contributed by atoms with Crippen LogP contribution in [0.1, 0.15) is 12.0 Å². The van der Waals surface area contributed by atoms with Gasteiger partial charge in [-0.15, -0.1) is 0 Å². The molecule has 3 aromatic rings. The number of alkyl halides is 3. The fourth-order valence-corrected chi connectivity index (χ4v) is 3.38. The Balaban J connectivity index is 1.40. The second-order valence-corrected chi connectivity index (χ2v) is 6.72. The van der Waals surface area contributed by atoms with Crippen LogP contribution in [0, 0.1) is 0 Å². The van der Waals surface area contributed by atoms with Crippen molar-refractivity contribution >= 4 is 16.9 Å². The Hall–Kier alpha value is -2.68. The molecule has 1 aliphatic heterocycles. The number of nitrogens with one attached hydrogen (secondary N) is 2. The molecule has 4 rings (SSSR count). The van der Waals surface area contributed by atoms with E-state index in [4.69, 9.17) is 0 Å². The third kappa shape index (κ3) is 3.73. The highest BCUT2D eigenvalue weighted by molar-refractivity contribution is 5.85. The summed E-state index contributed by atoms with van der Waals surface area (Å²) in [7, 11) is 0. The predicted octanol–water partition coefficient (Wildman–Crippen LogP) is 2.97. The van der Waals surface area contributed by atoms with Crippen LogP contribution in [0.3, 0.4) is 0 Å². The highest BCUT2D eigenvalue weighted by Crippen LogP contribution is 2.30. The lowest BCUT2D eigenvalue weighted by atomic mass is 10.0. The average Bonchev–Trinajstić information content (AvgIpc) is 3.14. The topological polar surface area (TPSA) is 69.7 Å². The number of nitrogens with zero attached hydrogens (tertiary/aromatic N) is 4. The fourth-order valence-electron chi connectivity index (χ4n) is 3.38. The number of likely N-dealkylation sites (tertiary alicyclic amines) is 1. The normalized spacial score (nSPS) is 21.4.